The second kappa shape index (κ2) is 10.0. The molecule has 6 heteroatoms. The number of benzene rings is 3. The van der Waals surface area contributed by atoms with Crippen molar-refractivity contribution in [2.75, 3.05) is 25.5 Å². The number of hydrogen-bond acceptors (Lipinski definition) is 5. The molecule has 2 aliphatic rings. The topological polar surface area (TPSA) is 82.6 Å². The van der Waals surface area contributed by atoms with Crippen molar-refractivity contribution in [3.05, 3.63) is 88.0 Å². The van der Waals surface area contributed by atoms with E-state index in [2.05, 4.69) is 46.3 Å². The first-order valence-corrected chi connectivity index (χ1v) is 12.3. The largest absolute Gasteiger partial charge is 0.508 e. The van der Waals surface area contributed by atoms with E-state index >= 15 is 0 Å². The Morgan fingerprint density at radius 2 is 1.97 bits per heavy atom. The minimum absolute atomic E-state index is 0.0290. The first-order chi connectivity index (χ1) is 17.0. The Hall–Kier alpha value is -3.51. The van der Waals surface area contributed by atoms with Crippen LogP contribution in [0.2, 0.25) is 0 Å². The van der Waals surface area contributed by atoms with Gasteiger partial charge in [-0.1, -0.05) is 24.3 Å². The summed E-state index contributed by atoms with van der Waals surface area (Å²) < 4.78 is 5.37. The molecule has 0 fully saturated rings. The Balaban J connectivity index is 1.33. The van der Waals surface area contributed by atoms with Gasteiger partial charge in [0.25, 0.3) is 0 Å². The fraction of sp³-hybridized carbons (Fsp3) is 0.345. The third-order valence-electron chi connectivity index (χ3n) is 7.16. The predicted octanol–water partition coefficient (Wildman–Crippen LogP) is 4.03. The molecule has 0 bridgehead atoms. The zero-order valence-electron chi connectivity index (χ0n) is 20.4. The van der Waals surface area contributed by atoms with Gasteiger partial charge in [0.15, 0.2) is 0 Å². The molecule has 2 heterocycles. The van der Waals surface area contributed by atoms with E-state index in [0.717, 1.165) is 53.9 Å². The lowest BCUT2D eigenvalue weighted by Gasteiger charge is -2.29. The Bertz CT molecular complexity index is 1240. The van der Waals surface area contributed by atoms with Gasteiger partial charge in [0, 0.05) is 12.2 Å². The smallest absolute Gasteiger partial charge is 0.237 e. The van der Waals surface area contributed by atoms with Crippen molar-refractivity contribution in [2.24, 2.45) is 0 Å². The maximum atomic E-state index is 13.4. The standard InChI is InChI=1S/C29H33N3O3/c1-18-12-22(33)16-21-8-10-31-28(17-24(18)21)29(34)32-27-9-11-30-26-7-6-20(15-25(26)27)13-19-4-3-5-23(14-19)35-2/h3-7,12,14-16,27-28,30-31,33H,8-11,13,17H2,1-2H3,(H,32,34). The molecule has 6 nitrogen and oxygen atoms in total. The maximum Gasteiger partial charge on any atom is 0.237 e. The summed E-state index contributed by atoms with van der Waals surface area (Å²) >= 11 is 0. The molecular weight excluding hydrogens is 438 g/mol. The molecule has 0 aliphatic carbocycles. The number of fused-ring (bicyclic) bond motifs is 2. The number of rotatable bonds is 5. The van der Waals surface area contributed by atoms with Gasteiger partial charge < -0.3 is 25.8 Å². The van der Waals surface area contributed by atoms with Gasteiger partial charge in [0.1, 0.15) is 11.5 Å². The van der Waals surface area contributed by atoms with Crippen LogP contribution in [0.5, 0.6) is 11.5 Å². The zero-order valence-corrected chi connectivity index (χ0v) is 20.4. The van der Waals surface area contributed by atoms with E-state index in [9.17, 15) is 9.90 Å². The quantitative estimate of drug-likeness (QED) is 0.452. The minimum atomic E-state index is -0.294. The molecule has 0 saturated carbocycles. The van der Waals surface area contributed by atoms with Crippen molar-refractivity contribution in [1.29, 1.82) is 0 Å². The molecule has 2 unspecified atom stereocenters. The van der Waals surface area contributed by atoms with Gasteiger partial charge in [0.05, 0.1) is 19.2 Å². The van der Waals surface area contributed by atoms with Crippen LogP contribution in [-0.2, 0) is 24.1 Å². The maximum absolute atomic E-state index is 13.4. The van der Waals surface area contributed by atoms with E-state index in [-0.39, 0.29) is 18.0 Å². The molecule has 3 aromatic rings. The monoisotopic (exact) mass is 471 g/mol. The molecule has 3 aromatic carbocycles. The van der Waals surface area contributed by atoms with Gasteiger partial charge in [-0.15, -0.1) is 0 Å². The van der Waals surface area contributed by atoms with Gasteiger partial charge >= 0.3 is 0 Å². The Labute approximate surface area is 206 Å². The van der Waals surface area contributed by atoms with Gasteiger partial charge in [-0.3, -0.25) is 4.79 Å². The van der Waals surface area contributed by atoms with Crippen LogP contribution in [0.4, 0.5) is 5.69 Å². The molecule has 0 aromatic heterocycles. The van der Waals surface area contributed by atoms with Gasteiger partial charge in [-0.2, -0.15) is 0 Å². The van der Waals surface area contributed by atoms with Crippen molar-refractivity contribution >= 4 is 11.6 Å². The Morgan fingerprint density at radius 3 is 2.83 bits per heavy atom. The highest BCUT2D eigenvalue weighted by atomic mass is 16.5. The van der Waals surface area contributed by atoms with Crippen molar-refractivity contribution < 1.29 is 14.6 Å². The summed E-state index contributed by atoms with van der Waals surface area (Å²) in [5.41, 5.74) is 7.95. The average Bonchev–Trinajstić information content (AvgIpc) is 3.07. The van der Waals surface area contributed by atoms with Crippen LogP contribution in [0, 0.1) is 6.92 Å². The summed E-state index contributed by atoms with van der Waals surface area (Å²) in [6.07, 6.45) is 3.08. The van der Waals surface area contributed by atoms with Crippen molar-refractivity contribution in [2.45, 2.75) is 44.7 Å². The molecule has 0 spiro atoms. The number of aromatic hydroxyl groups is 1. The summed E-state index contributed by atoms with van der Waals surface area (Å²) in [4.78, 5) is 13.4. The molecule has 2 aliphatic heterocycles. The molecule has 0 saturated heterocycles. The summed E-state index contributed by atoms with van der Waals surface area (Å²) in [5, 5.41) is 20.2. The summed E-state index contributed by atoms with van der Waals surface area (Å²) in [7, 11) is 1.68. The number of aryl methyl sites for hydroxylation is 1. The lowest BCUT2D eigenvalue weighted by Crippen LogP contribution is -2.47. The van der Waals surface area contributed by atoms with Crippen LogP contribution >= 0.6 is 0 Å². The lowest BCUT2D eigenvalue weighted by atomic mass is 9.92. The molecule has 4 N–H and O–H groups in total. The van der Waals surface area contributed by atoms with Crippen molar-refractivity contribution in [3.63, 3.8) is 0 Å². The molecule has 2 atom stereocenters. The second-order valence-corrected chi connectivity index (χ2v) is 9.59. The third-order valence-corrected chi connectivity index (χ3v) is 7.16. The van der Waals surface area contributed by atoms with E-state index in [1.165, 1.54) is 16.7 Å². The van der Waals surface area contributed by atoms with E-state index in [1.54, 1.807) is 13.2 Å². The van der Waals surface area contributed by atoms with E-state index in [0.29, 0.717) is 18.7 Å². The molecule has 5 rings (SSSR count). The number of phenols is 1. The van der Waals surface area contributed by atoms with E-state index < -0.39 is 0 Å². The van der Waals surface area contributed by atoms with Gasteiger partial charge in [-0.25, -0.2) is 0 Å². The van der Waals surface area contributed by atoms with E-state index in [1.807, 2.05) is 25.1 Å². The van der Waals surface area contributed by atoms with Crippen LogP contribution < -0.4 is 20.7 Å². The van der Waals surface area contributed by atoms with Gasteiger partial charge in [-0.05, 0) is 103 Å². The SMILES string of the molecule is COc1cccc(Cc2ccc3c(c2)C(NC(=O)C2Cc4c(C)cc(O)cc4CCN2)CCN3)c1. The average molecular weight is 472 g/mol. The second-order valence-electron chi connectivity index (χ2n) is 9.59. The van der Waals surface area contributed by atoms with Crippen LogP contribution in [0.3, 0.4) is 0 Å². The molecule has 35 heavy (non-hydrogen) atoms. The predicted molar refractivity (Wildman–Crippen MR) is 138 cm³/mol. The number of amides is 1. The number of ether oxygens (including phenoxy) is 1. The number of anilines is 1. The number of carbonyl (C=O) groups is 1. The number of phenolic OH excluding ortho intramolecular Hbond substituents is 1. The molecular formula is C29H33N3O3. The highest BCUT2D eigenvalue weighted by molar-refractivity contribution is 5.83. The summed E-state index contributed by atoms with van der Waals surface area (Å²) in [6.45, 7) is 3.54. The fourth-order valence-electron chi connectivity index (χ4n) is 5.35. The van der Waals surface area contributed by atoms with Crippen molar-refractivity contribution in [3.8, 4) is 11.5 Å². The highest BCUT2D eigenvalue weighted by Gasteiger charge is 2.28. The fourth-order valence-corrected chi connectivity index (χ4v) is 5.35. The number of hydrogen-bond donors (Lipinski definition) is 4. The highest BCUT2D eigenvalue weighted by Crippen LogP contribution is 2.32. The van der Waals surface area contributed by atoms with E-state index in [4.69, 9.17) is 4.74 Å². The van der Waals surface area contributed by atoms with Gasteiger partial charge in [0.2, 0.25) is 5.91 Å². The van der Waals surface area contributed by atoms with Crippen LogP contribution in [0.1, 0.15) is 45.8 Å². The molecule has 182 valence electrons. The summed E-state index contributed by atoms with van der Waals surface area (Å²) in [6, 6.07) is 17.9. The zero-order chi connectivity index (χ0) is 24.4. The third kappa shape index (κ3) is 5.13. The van der Waals surface area contributed by atoms with Crippen molar-refractivity contribution in [1.82, 2.24) is 10.6 Å². The minimum Gasteiger partial charge on any atom is -0.508 e. The first kappa shape index (κ1) is 23.2. The first-order valence-electron chi connectivity index (χ1n) is 12.3. The van der Waals surface area contributed by atoms with Crippen LogP contribution in [-0.4, -0.2) is 37.3 Å². The Morgan fingerprint density at radius 1 is 1.11 bits per heavy atom. The van der Waals surface area contributed by atoms with Crippen LogP contribution in [0.15, 0.2) is 54.6 Å². The number of methoxy groups -OCH3 is 1. The number of carbonyl (C=O) groups excluding carboxylic acids is 1. The lowest BCUT2D eigenvalue weighted by molar-refractivity contribution is -0.123. The number of nitrogens with one attached hydrogen (secondary N) is 3. The molecule has 1 amide bonds. The normalized spacial score (nSPS) is 19.0. The Kier molecular flexibility index (Phi) is 6.64. The summed E-state index contributed by atoms with van der Waals surface area (Å²) in [5.74, 6) is 1.18. The van der Waals surface area contributed by atoms with Crippen LogP contribution in [0.25, 0.3) is 0 Å². The molecule has 0 radical (unpaired) electrons.